The van der Waals surface area contributed by atoms with Crippen molar-refractivity contribution in [3.8, 4) is 0 Å². The van der Waals surface area contributed by atoms with Crippen molar-refractivity contribution in [1.82, 2.24) is 0 Å². The molecular formula is C15H20N2O2. The normalized spacial score (nSPS) is 14.9. The monoisotopic (exact) mass is 260 g/mol. The molecule has 4 nitrogen and oxygen atoms in total. The first-order valence-electron chi connectivity index (χ1n) is 6.78. The molecule has 1 fully saturated rings. The number of nitrogens with one attached hydrogen (secondary N) is 2. The van der Waals surface area contributed by atoms with Gasteiger partial charge in [0.25, 0.3) is 0 Å². The molecule has 0 spiro atoms. The van der Waals surface area contributed by atoms with E-state index in [4.69, 9.17) is 0 Å². The predicted octanol–water partition coefficient (Wildman–Crippen LogP) is 3.02. The Morgan fingerprint density at radius 3 is 2.32 bits per heavy atom. The molecule has 0 radical (unpaired) electrons. The maximum atomic E-state index is 11.8. The van der Waals surface area contributed by atoms with Gasteiger partial charge in [-0.05, 0) is 31.0 Å². The van der Waals surface area contributed by atoms with Gasteiger partial charge in [0, 0.05) is 23.2 Å². The maximum Gasteiger partial charge on any atom is 0.227 e. The Balaban J connectivity index is 1.98. The van der Waals surface area contributed by atoms with Crippen LogP contribution in [-0.4, -0.2) is 11.8 Å². The van der Waals surface area contributed by atoms with Crippen LogP contribution in [0.25, 0.3) is 0 Å². The number of benzene rings is 1. The lowest BCUT2D eigenvalue weighted by Gasteiger charge is -2.24. The van der Waals surface area contributed by atoms with Crippen molar-refractivity contribution in [3.63, 3.8) is 0 Å². The quantitative estimate of drug-likeness (QED) is 0.874. The predicted molar refractivity (Wildman–Crippen MR) is 75.9 cm³/mol. The molecule has 0 saturated heterocycles. The number of carbonyl (C=O) groups excluding carboxylic acids is 2. The summed E-state index contributed by atoms with van der Waals surface area (Å²) in [6.07, 6.45) is 3.10. The molecular weight excluding hydrogens is 240 g/mol. The SMILES string of the molecule is CC(C)C(=O)Nc1cccc(NC(=O)C2CCC2)c1. The minimum Gasteiger partial charge on any atom is -0.326 e. The summed E-state index contributed by atoms with van der Waals surface area (Å²) in [6, 6.07) is 7.27. The Labute approximate surface area is 113 Å². The molecule has 0 unspecified atom stereocenters. The third-order valence-corrected chi connectivity index (χ3v) is 3.40. The number of hydrogen-bond donors (Lipinski definition) is 2. The highest BCUT2D eigenvalue weighted by Gasteiger charge is 2.25. The van der Waals surface area contributed by atoms with Crippen LogP contribution >= 0.6 is 0 Å². The lowest BCUT2D eigenvalue weighted by atomic mass is 9.85. The standard InChI is InChI=1S/C15H20N2O2/c1-10(2)14(18)16-12-7-4-8-13(9-12)17-15(19)11-5-3-6-11/h4,7-11H,3,5-6H2,1-2H3,(H,16,18)(H,17,19). The Morgan fingerprint density at radius 2 is 1.79 bits per heavy atom. The molecule has 0 aliphatic heterocycles. The van der Waals surface area contributed by atoms with Crippen LogP contribution in [0, 0.1) is 11.8 Å². The van der Waals surface area contributed by atoms with Crippen LogP contribution in [0.15, 0.2) is 24.3 Å². The summed E-state index contributed by atoms with van der Waals surface area (Å²) in [5, 5.41) is 5.72. The summed E-state index contributed by atoms with van der Waals surface area (Å²) in [7, 11) is 0. The lowest BCUT2D eigenvalue weighted by molar-refractivity contribution is -0.122. The lowest BCUT2D eigenvalue weighted by Crippen LogP contribution is -2.28. The molecule has 0 atom stereocenters. The molecule has 2 N–H and O–H groups in total. The molecule has 0 bridgehead atoms. The highest BCUT2D eigenvalue weighted by Crippen LogP contribution is 2.28. The van der Waals surface area contributed by atoms with Gasteiger partial charge in [0.2, 0.25) is 11.8 Å². The molecule has 19 heavy (non-hydrogen) atoms. The van der Waals surface area contributed by atoms with E-state index >= 15 is 0 Å². The molecule has 1 saturated carbocycles. The van der Waals surface area contributed by atoms with Crippen LogP contribution in [0.4, 0.5) is 11.4 Å². The van der Waals surface area contributed by atoms with E-state index in [1.807, 2.05) is 32.0 Å². The molecule has 0 heterocycles. The highest BCUT2D eigenvalue weighted by atomic mass is 16.2. The van der Waals surface area contributed by atoms with Crippen molar-refractivity contribution in [2.24, 2.45) is 11.8 Å². The van der Waals surface area contributed by atoms with Crippen molar-refractivity contribution in [2.75, 3.05) is 10.6 Å². The maximum absolute atomic E-state index is 11.8. The van der Waals surface area contributed by atoms with E-state index in [2.05, 4.69) is 10.6 Å². The summed E-state index contributed by atoms with van der Waals surface area (Å²) >= 11 is 0. The van der Waals surface area contributed by atoms with Crippen molar-refractivity contribution < 1.29 is 9.59 Å². The number of hydrogen-bond acceptors (Lipinski definition) is 2. The Kier molecular flexibility index (Phi) is 4.20. The van der Waals surface area contributed by atoms with Gasteiger partial charge < -0.3 is 10.6 Å². The van der Waals surface area contributed by atoms with Crippen LogP contribution in [0.2, 0.25) is 0 Å². The van der Waals surface area contributed by atoms with Crippen molar-refractivity contribution >= 4 is 23.2 Å². The second kappa shape index (κ2) is 5.87. The van der Waals surface area contributed by atoms with Gasteiger partial charge in [-0.3, -0.25) is 9.59 Å². The molecule has 2 rings (SSSR count). The molecule has 0 aromatic heterocycles. The van der Waals surface area contributed by atoms with Gasteiger partial charge >= 0.3 is 0 Å². The second-order valence-electron chi connectivity index (χ2n) is 5.34. The summed E-state index contributed by atoms with van der Waals surface area (Å²) in [5.74, 6) is 0.156. The Hall–Kier alpha value is -1.84. The van der Waals surface area contributed by atoms with Crippen LogP contribution in [0.5, 0.6) is 0 Å². The third-order valence-electron chi connectivity index (χ3n) is 3.40. The average Bonchev–Trinajstić information content (AvgIpc) is 2.26. The van der Waals surface area contributed by atoms with Crippen LogP contribution < -0.4 is 10.6 Å². The zero-order valence-electron chi connectivity index (χ0n) is 11.4. The molecule has 1 aliphatic rings. The minimum absolute atomic E-state index is 0.0255. The summed E-state index contributed by atoms with van der Waals surface area (Å²) in [4.78, 5) is 23.4. The minimum atomic E-state index is -0.0618. The van der Waals surface area contributed by atoms with Crippen molar-refractivity contribution in [1.29, 1.82) is 0 Å². The van der Waals surface area contributed by atoms with Gasteiger partial charge in [0.05, 0.1) is 0 Å². The average molecular weight is 260 g/mol. The Morgan fingerprint density at radius 1 is 1.16 bits per heavy atom. The molecule has 2 amide bonds. The summed E-state index contributed by atoms with van der Waals surface area (Å²) < 4.78 is 0. The Bertz CT molecular complexity index is 479. The zero-order valence-corrected chi connectivity index (χ0v) is 11.4. The fraction of sp³-hybridized carbons (Fsp3) is 0.467. The summed E-state index contributed by atoms with van der Waals surface area (Å²) in [6.45, 7) is 3.69. The molecule has 102 valence electrons. The van der Waals surface area contributed by atoms with Gasteiger partial charge in [-0.2, -0.15) is 0 Å². The fourth-order valence-corrected chi connectivity index (χ4v) is 1.88. The van der Waals surface area contributed by atoms with Crippen LogP contribution in [-0.2, 0) is 9.59 Å². The fourth-order valence-electron chi connectivity index (χ4n) is 1.88. The van der Waals surface area contributed by atoms with Gasteiger partial charge in [-0.1, -0.05) is 26.3 Å². The van der Waals surface area contributed by atoms with E-state index in [1.54, 1.807) is 6.07 Å². The number of rotatable bonds is 4. The topological polar surface area (TPSA) is 58.2 Å². The summed E-state index contributed by atoms with van der Waals surface area (Å²) in [5.41, 5.74) is 1.45. The largest absolute Gasteiger partial charge is 0.326 e. The van der Waals surface area contributed by atoms with E-state index in [1.165, 1.54) is 0 Å². The first kappa shape index (κ1) is 13.6. The van der Waals surface area contributed by atoms with E-state index < -0.39 is 0 Å². The first-order chi connectivity index (χ1) is 9.06. The van der Waals surface area contributed by atoms with Gasteiger partial charge in [0.15, 0.2) is 0 Å². The first-order valence-corrected chi connectivity index (χ1v) is 6.78. The van der Waals surface area contributed by atoms with E-state index in [9.17, 15) is 9.59 Å². The molecule has 1 aliphatic carbocycles. The van der Waals surface area contributed by atoms with E-state index in [0.29, 0.717) is 5.69 Å². The zero-order chi connectivity index (χ0) is 13.8. The van der Waals surface area contributed by atoms with Crippen molar-refractivity contribution in [3.05, 3.63) is 24.3 Å². The van der Waals surface area contributed by atoms with E-state index in [-0.39, 0.29) is 23.7 Å². The number of amides is 2. The van der Waals surface area contributed by atoms with E-state index in [0.717, 1.165) is 24.9 Å². The van der Waals surface area contributed by atoms with Crippen LogP contribution in [0.3, 0.4) is 0 Å². The van der Waals surface area contributed by atoms with Gasteiger partial charge in [0.1, 0.15) is 0 Å². The second-order valence-corrected chi connectivity index (χ2v) is 5.34. The molecule has 1 aromatic carbocycles. The van der Waals surface area contributed by atoms with Crippen molar-refractivity contribution in [2.45, 2.75) is 33.1 Å². The smallest absolute Gasteiger partial charge is 0.227 e. The highest BCUT2D eigenvalue weighted by molar-refractivity contribution is 5.95. The molecule has 4 heteroatoms. The molecule has 1 aromatic rings. The van der Waals surface area contributed by atoms with Gasteiger partial charge in [-0.25, -0.2) is 0 Å². The van der Waals surface area contributed by atoms with Gasteiger partial charge in [-0.15, -0.1) is 0 Å². The number of carbonyl (C=O) groups is 2. The number of anilines is 2. The van der Waals surface area contributed by atoms with Crippen LogP contribution in [0.1, 0.15) is 33.1 Å². The third kappa shape index (κ3) is 3.56.